The zero-order valence-electron chi connectivity index (χ0n) is 14.9. The maximum Gasteiger partial charge on any atom is 0.390 e. The molecule has 27 heavy (non-hydrogen) atoms. The molecule has 0 aromatic heterocycles. The minimum Gasteiger partial charge on any atom is -0.489 e. The van der Waals surface area contributed by atoms with Gasteiger partial charge in [-0.05, 0) is 23.3 Å². The normalized spacial score (nSPS) is 16.4. The van der Waals surface area contributed by atoms with Crippen molar-refractivity contribution in [2.24, 2.45) is 0 Å². The maximum atomic E-state index is 13.1. The summed E-state index contributed by atoms with van der Waals surface area (Å²) in [5.74, 6) is 0.591. The average molecular weight is 401 g/mol. The molecular formula is C20H24ClF3N2O. The highest BCUT2D eigenvalue weighted by atomic mass is 35.5. The van der Waals surface area contributed by atoms with Crippen LogP contribution in [0, 0.1) is 0 Å². The van der Waals surface area contributed by atoms with Crippen LogP contribution in [0.1, 0.15) is 23.6 Å². The van der Waals surface area contributed by atoms with Crippen molar-refractivity contribution in [3.8, 4) is 5.75 Å². The fourth-order valence-electron chi connectivity index (χ4n) is 3.22. The SMILES string of the molecule is Cl.FC(F)(F)C[C@H](c1cccc(OCc2ccccc2)c1)N1CCNCC1. The van der Waals surface area contributed by atoms with Crippen molar-refractivity contribution >= 4 is 12.4 Å². The second kappa shape index (κ2) is 9.97. The van der Waals surface area contributed by atoms with Gasteiger partial charge >= 0.3 is 6.18 Å². The third-order valence-corrected chi connectivity index (χ3v) is 4.51. The van der Waals surface area contributed by atoms with Gasteiger partial charge in [-0.1, -0.05) is 42.5 Å². The first-order chi connectivity index (χ1) is 12.5. The molecule has 1 N–H and O–H groups in total. The molecule has 1 aliphatic rings. The molecule has 3 nitrogen and oxygen atoms in total. The van der Waals surface area contributed by atoms with Gasteiger partial charge in [-0.25, -0.2) is 0 Å². The van der Waals surface area contributed by atoms with E-state index in [0.717, 1.165) is 5.56 Å². The van der Waals surface area contributed by atoms with Gasteiger partial charge in [0.15, 0.2) is 0 Å². The summed E-state index contributed by atoms with van der Waals surface area (Å²) in [4.78, 5) is 1.90. The number of benzene rings is 2. The van der Waals surface area contributed by atoms with Crippen LogP contribution < -0.4 is 10.1 Å². The Balaban J connectivity index is 0.00000261. The van der Waals surface area contributed by atoms with E-state index in [1.54, 1.807) is 24.3 Å². The standard InChI is InChI=1S/C20H23F3N2O.ClH/c21-20(22,23)14-19(25-11-9-24-10-12-25)17-7-4-8-18(13-17)26-15-16-5-2-1-3-6-16;/h1-8,13,19,24H,9-12,14-15H2;1H/t19-;/m1./s1. The molecule has 2 aromatic rings. The van der Waals surface area contributed by atoms with Gasteiger partial charge in [-0.15, -0.1) is 12.4 Å². The first kappa shape index (κ1) is 21.5. The first-order valence-corrected chi connectivity index (χ1v) is 8.79. The fourth-order valence-corrected chi connectivity index (χ4v) is 3.22. The molecule has 1 aliphatic heterocycles. The highest BCUT2D eigenvalue weighted by Gasteiger charge is 2.36. The second-order valence-electron chi connectivity index (χ2n) is 6.47. The van der Waals surface area contributed by atoms with Crippen LogP contribution in [-0.2, 0) is 6.61 Å². The van der Waals surface area contributed by atoms with Gasteiger partial charge in [0, 0.05) is 32.2 Å². The molecule has 0 spiro atoms. The van der Waals surface area contributed by atoms with E-state index in [-0.39, 0.29) is 12.4 Å². The van der Waals surface area contributed by atoms with Crippen molar-refractivity contribution in [2.75, 3.05) is 26.2 Å². The Morgan fingerprint density at radius 1 is 1.00 bits per heavy atom. The lowest BCUT2D eigenvalue weighted by atomic mass is 10.0. The van der Waals surface area contributed by atoms with Crippen LogP contribution >= 0.6 is 12.4 Å². The maximum absolute atomic E-state index is 13.1. The summed E-state index contributed by atoms with van der Waals surface area (Å²) in [6.07, 6.45) is -5.06. The summed E-state index contributed by atoms with van der Waals surface area (Å²) < 4.78 is 45.2. The molecule has 0 bridgehead atoms. The summed E-state index contributed by atoms with van der Waals surface area (Å²) >= 11 is 0. The van der Waals surface area contributed by atoms with Gasteiger partial charge in [-0.3, -0.25) is 4.90 Å². The lowest BCUT2D eigenvalue weighted by molar-refractivity contribution is -0.148. The molecule has 0 amide bonds. The summed E-state index contributed by atoms with van der Waals surface area (Å²) in [7, 11) is 0. The zero-order valence-corrected chi connectivity index (χ0v) is 15.7. The fraction of sp³-hybridized carbons (Fsp3) is 0.400. The van der Waals surface area contributed by atoms with E-state index in [4.69, 9.17) is 4.74 Å². The van der Waals surface area contributed by atoms with Gasteiger partial charge in [-0.2, -0.15) is 13.2 Å². The minimum absolute atomic E-state index is 0. The number of hydrogen-bond donors (Lipinski definition) is 1. The summed E-state index contributed by atoms with van der Waals surface area (Å²) in [5.41, 5.74) is 1.67. The molecule has 0 aliphatic carbocycles. The third-order valence-electron chi connectivity index (χ3n) is 4.51. The number of rotatable bonds is 6. The van der Waals surface area contributed by atoms with E-state index in [1.165, 1.54) is 0 Å². The lowest BCUT2D eigenvalue weighted by Gasteiger charge is -2.35. The Morgan fingerprint density at radius 3 is 2.37 bits per heavy atom. The molecule has 2 aromatic carbocycles. The number of halogens is 4. The van der Waals surface area contributed by atoms with E-state index in [2.05, 4.69) is 5.32 Å². The molecular weight excluding hydrogens is 377 g/mol. The molecule has 7 heteroatoms. The summed E-state index contributed by atoms with van der Waals surface area (Å²) in [6.45, 7) is 3.02. The van der Waals surface area contributed by atoms with Gasteiger partial charge in [0.1, 0.15) is 12.4 Å². The number of nitrogens with zero attached hydrogens (tertiary/aromatic N) is 1. The smallest absolute Gasteiger partial charge is 0.390 e. The largest absolute Gasteiger partial charge is 0.489 e. The average Bonchev–Trinajstić information content (AvgIpc) is 2.66. The molecule has 1 fully saturated rings. The Morgan fingerprint density at radius 2 is 1.70 bits per heavy atom. The predicted molar refractivity (Wildman–Crippen MR) is 102 cm³/mol. The Kier molecular flexibility index (Phi) is 7.95. The number of alkyl halides is 3. The monoisotopic (exact) mass is 400 g/mol. The predicted octanol–water partition coefficient (Wildman–Crippen LogP) is 4.59. The number of piperazine rings is 1. The van der Waals surface area contributed by atoms with Crippen LogP contribution in [0.4, 0.5) is 13.2 Å². The van der Waals surface area contributed by atoms with Crippen LogP contribution in [-0.4, -0.2) is 37.3 Å². The lowest BCUT2D eigenvalue weighted by Crippen LogP contribution is -2.46. The number of hydrogen-bond acceptors (Lipinski definition) is 3. The quantitative estimate of drug-likeness (QED) is 0.767. The molecule has 0 saturated carbocycles. The van der Waals surface area contributed by atoms with E-state index in [1.807, 2.05) is 35.2 Å². The molecule has 0 unspecified atom stereocenters. The second-order valence-corrected chi connectivity index (χ2v) is 6.47. The van der Waals surface area contributed by atoms with Crippen LogP contribution in [0.15, 0.2) is 54.6 Å². The van der Waals surface area contributed by atoms with Gasteiger partial charge in [0.25, 0.3) is 0 Å². The van der Waals surface area contributed by atoms with Crippen molar-refractivity contribution in [3.63, 3.8) is 0 Å². The van der Waals surface area contributed by atoms with Gasteiger partial charge in [0.2, 0.25) is 0 Å². The van der Waals surface area contributed by atoms with Crippen molar-refractivity contribution in [2.45, 2.75) is 25.2 Å². The van der Waals surface area contributed by atoms with Crippen molar-refractivity contribution in [1.82, 2.24) is 10.2 Å². The minimum atomic E-state index is -4.21. The van der Waals surface area contributed by atoms with Crippen molar-refractivity contribution < 1.29 is 17.9 Å². The molecule has 1 saturated heterocycles. The molecule has 3 rings (SSSR count). The number of ether oxygens (including phenoxy) is 1. The van der Waals surface area contributed by atoms with Crippen LogP contribution in [0.2, 0.25) is 0 Å². The zero-order chi connectivity index (χ0) is 18.4. The summed E-state index contributed by atoms with van der Waals surface area (Å²) in [5, 5.41) is 3.19. The summed E-state index contributed by atoms with van der Waals surface area (Å²) in [6, 6.07) is 16.1. The van der Waals surface area contributed by atoms with Crippen molar-refractivity contribution in [1.29, 1.82) is 0 Å². The van der Waals surface area contributed by atoms with Crippen molar-refractivity contribution in [3.05, 3.63) is 65.7 Å². The number of nitrogens with one attached hydrogen (secondary N) is 1. The third kappa shape index (κ3) is 6.72. The van der Waals surface area contributed by atoms with E-state index >= 15 is 0 Å². The van der Waals surface area contributed by atoms with Gasteiger partial charge in [0.05, 0.1) is 6.42 Å². The highest BCUT2D eigenvalue weighted by Crippen LogP contribution is 2.35. The topological polar surface area (TPSA) is 24.5 Å². The molecule has 1 heterocycles. The molecule has 148 valence electrons. The molecule has 1 atom stereocenters. The van der Waals surface area contributed by atoms with E-state index in [9.17, 15) is 13.2 Å². The van der Waals surface area contributed by atoms with Gasteiger partial charge < -0.3 is 10.1 Å². The Bertz CT molecular complexity index is 691. The Hall–Kier alpha value is -1.76. The van der Waals surface area contributed by atoms with E-state index in [0.29, 0.717) is 44.1 Å². The van der Waals surface area contributed by atoms with Crippen LogP contribution in [0.3, 0.4) is 0 Å². The van der Waals surface area contributed by atoms with Crippen LogP contribution in [0.25, 0.3) is 0 Å². The highest BCUT2D eigenvalue weighted by molar-refractivity contribution is 5.85. The van der Waals surface area contributed by atoms with E-state index < -0.39 is 18.6 Å². The first-order valence-electron chi connectivity index (χ1n) is 8.79. The molecule has 0 radical (unpaired) electrons. The Labute approximate surface area is 163 Å². The van der Waals surface area contributed by atoms with Crippen LogP contribution in [0.5, 0.6) is 5.75 Å².